The number of hydrogen-bond acceptors (Lipinski definition) is 4. The molecule has 0 amide bonds. The molecule has 1 N–H and O–H groups in total. The van der Waals surface area contributed by atoms with Crippen molar-refractivity contribution in [1.29, 1.82) is 0 Å². The van der Waals surface area contributed by atoms with E-state index >= 15 is 0 Å². The second-order valence-electron chi connectivity index (χ2n) is 5.33. The van der Waals surface area contributed by atoms with E-state index in [0.717, 1.165) is 9.87 Å². The minimum Gasteiger partial charge on any atom is -0.478 e. The molecule has 0 aliphatic carbocycles. The maximum atomic E-state index is 12.9. The standard InChI is InChI=1S/C16H19NO5S/c1-10(13-8-6-5-7-9-13)17(4)23(20,21)15-12(3)22-11(2)14(15)16(18)19/h5-10H,1-4H3,(H,18,19). The number of hydrogen-bond donors (Lipinski definition) is 1. The lowest BCUT2D eigenvalue weighted by Crippen LogP contribution is -2.31. The van der Waals surface area contributed by atoms with Crippen LogP contribution >= 0.6 is 0 Å². The summed E-state index contributed by atoms with van der Waals surface area (Å²) >= 11 is 0. The largest absolute Gasteiger partial charge is 0.478 e. The van der Waals surface area contributed by atoms with E-state index in [1.807, 2.05) is 30.3 Å². The van der Waals surface area contributed by atoms with Crippen molar-refractivity contribution in [3.63, 3.8) is 0 Å². The van der Waals surface area contributed by atoms with Gasteiger partial charge in [-0.25, -0.2) is 13.2 Å². The highest BCUT2D eigenvalue weighted by atomic mass is 32.2. The van der Waals surface area contributed by atoms with Gasteiger partial charge in [-0.05, 0) is 26.3 Å². The number of carbonyl (C=O) groups is 1. The Morgan fingerprint density at radius 2 is 1.74 bits per heavy atom. The van der Waals surface area contributed by atoms with E-state index < -0.39 is 22.0 Å². The molecule has 124 valence electrons. The maximum Gasteiger partial charge on any atom is 0.340 e. The zero-order chi connectivity index (χ0) is 17.4. The third kappa shape index (κ3) is 3.02. The summed E-state index contributed by atoms with van der Waals surface area (Å²) < 4.78 is 32.2. The van der Waals surface area contributed by atoms with Gasteiger partial charge in [0.05, 0.1) is 0 Å². The van der Waals surface area contributed by atoms with Crippen molar-refractivity contribution in [2.24, 2.45) is 0 Å². The Labute approximate surface area is 135 Å². The van der Waals surface area contributed by atoms with Gasteiger partial charge in [-0.15, -0.1) is 0 Å². The van der Waals surface area contributed by atoms with Crippen LogP contribution in [0.5, 0.6) is 0 Å². The quantitative estimate of drug-likeness (QED) is 0.906. The molecule has 0 saturated carbocycles. The summed E-state index contributed by atoms with van der Waals surface area (Å²) in [5, 5.41) is 9.32. The summed E-state index contributed by atoms with van der Waals surface area (Å²) in [4.78, 5) is 11.1. The first-order valence-electron chi connectivity index (χ1n) is 7.04. The summed E-state index contributed by atoms with van der Waals surface area (Å²) in [5.41, 5.74) is 0.503. The first-order chi connectivity index (χ1) is 10.7. The molecule has 2 aromatic rings. The number of carboxylic acid groups (broad SMARTS) is 1. The fourth-order valence-electron chi connectivity index (χ4n) is 2.51. The number of benzene rings is 1. The van der Waals surface area contributed by atoms with Crippen molar-refractivity contribution in [3.8, 4) is 0 Å². The Bertz CT molecular complexity index is 824. The van der Waals surface area contributed by atoms with Gasteiger partial charge in [-0.2, -0.15) is 4.31 Å². The highest BCUT2D eigenvalue weighted by Crippen LogP contribution is 2.32. The highest BCUT2D eigenvalue weighted by molar-refractivity contribution is 7.89. The van der Waals surface area contributed by atoms with Crippen LogP contribution in [0.25, 0.3) is 0 Å². The molecule has 0 aliphatic rings. The lowest BCUT2D eigenvalue weighted by molar-refractivity contribution is 0.0691. The topological polar surface area (TPSA) is 87.8 Å². The molecule has 0 saturated heterocycles. The van der Waals surface area contributed by atoms with Gasteiger partial charge in [-0.3, -0.25) is 0 Å². The zero-order valence-electron chi connectivity index (χ0n) is 13.4. The molecule has 6 nitrogen and oxygen atoms in total. The molecule has 7 heteroatoms. The SMILES string of the molecule is Cc1oc(C)c(S(=O)(=O)N(C)C(C)c2ccccc2)c1C(=O)O. The first kappa shape index (κ1) is 17.2. The minimum absolute atomic E-state index is 0.0759. The Morgan fingerprint density at radius 1 is 1.17 bits per heavy atom. The second kappa shape index (κ2) is 6.17. The molecule has 1 aromatic heterocycles. The van der Waals surface area contributed by atoms with Crippen LogP contribution in [-0.2, 0) is 10.0 Å². The molecule has 1 unspecified atom stereocenters. The molecule has 1 heterocycles. The molecule has 1 atom stereocenters. The minimum atomic E-state index is -4.01. The number of rotatable bonds is 5. The molecular formula is C16H19NO5S. The lowest BCUT2D eigenvalue weighted by atomic mass is 10.1. The van der Waals surface area contributed by atoms with Crippen LogP contribution in [-0.4, -0.2) is 30.8 Å². The number of sulfonamides is 1. The van der Waals surface area contributed by atoms with Gasteiger partial charge in [-0.1, -0.05) is 30.3 Å². The predicted molar refractivity (Wildman–Crippen MR) is 84.9 cm³/mol. The van der Waals surface area contributed by atoms with Crippen molar-refractivity contribution in [3.05, 3.63) is 53.0 Å². The van der Waals surface area contributed by atoms with Gasteiger partial charge in [0.15, 0.2) is 0 Å². The average Bonchev–Trinajstić information content (AvgIpc) is 2.81. The Morgan fingerprint density at radius 3 is 2.26 bits per heavy atom. The molecule has 23 heavy (non-hydrogen) atoms. The van der Waals surface area contributed by atoms with E-state index in [-0.39, 0.29) is 22.0 Å². The summed E-state index contributed by atoms with van der Waals surface area (Å²) in [6.45, 7) is 4.64. The van der Waals surface area contributed by atoms with Crippen LogP contribution in [0.3, 0.4) is 0 Å². The summed E-state index contributed by atoms with van der Waals surface area (Å²) in [7, 11) is -2.58. The third-order valence-electron chi connectivity index (χ3n) is 3.88. The van der Waals surface area contributed by atoms with E-state index in [1.54, 1.807) is 6.92 Å². The fraction of sp³-hybridized carbons (Fsp3) is 0.312. The van der Waals surface area contributed by atoms with E-state index in [2.05, 4.69) is 0 Å². The highest BCUT2D eigenvalue weighted by Gasteiger charge is 2.35. The normalized spacial score (nSPS) is 13.3. The molecule has 1 aromatic carbocycles. The Kier molecular flexibility index (Phi) is 4.63. The van der Waals surface area contributed by atoms with E-state index in [9.17, 15) is 18.3 Å². The van der Waals surface area contributed by atoms with Crippen molar-refractivity contribution < 1.29 is 22.7 Å². The second-order valence-corrected chi connectivity index (χ2v) is 7.27. The maximum absolute atomic E-state index is 12.9. The molecular weight excluding hydrogens is 318 g/mol. The fourth-order valence-corrected chi connectivity index (χ4v) is 4.23. The van der Waals surface area contributed by atoms with Crippen molar-refractivity contribution in [1.82, 2.24) is 4.31 Å². The predicted octanol–water partition coefficient (Wildman–Crippen LogP) is 2.98. The van der Waals surface area contributed by atoms with Gasteiger partial charge in [0, 0.05) is 13.1 Å². The third-order valence-corrected chi connectivity index (χ3v) is 5.97. The van der Waals surface area contributed by atoms with Crippen LogP contribution in [0.2, 0.25) is 0 Å². The number of aromatic carboxylic acids is 1. The van der Waals surface area contributed by atoms with Crippen LogP contribution in [0.4, 0.5) is 0 Å². The Balaban J connectivity index is 2.53. The Hall–Kier alpha value is -2.12. The smallest absolute Gasteiger partial charge is 0.340 e. The molecule has 0 bridgehead atoms. The molecule has 0 spiro atoms. The van der Waals surface area contributed by atoms with E-state index in [4.69, 9.17) is 4.42 Å². The molecule has 0 aliphatic heterocycles. The van der Waals surface area contributed by atoms with Crippen LogP contribution in [0.1, 0.15) is 40.4 Å². The lowest BCUT2D eigenvalue weighted by Gasteiger charge is -2.24. The van der Waals surface area contributed by atoms with Crippen molar-refractivity contribution in [2.45, 2.75) is 31.7 Å². The van der Waals surface area contributed by atoms with E-state index in [1.165, 1.54) is 20.9 Å². The van der Waals surface area contributed by atoms with Crippen LogP contribution < -0.4 is 0 Å². The molecule has 0 radical (unpaired) electrons. The zero-order valence-corrected chi connectivity index (χ0v) is 14.2. The summed E-state index contributed by atoms with van der Waals surface area (Å²) in [5.74, 6) is -1.17. The van der Waals surface area contributed by atoms with Crippen LogP contribution in [0.15, 0.2) is 39.6 Å². The summed E-state index contributed by atoms with van der Waals surface area (Å²) in [6.07, 6.45) is 0. The monoisotopic (exact) mass is 337 g/mol. The van der Waals surface area contributed by atoms with Crippen molar-refractivity contribution in [2.75, 3.05) is 7.05 Å². The average molecular weight is 337 g/mol. The first-order valence-corrected chi connectivity index (χ1v) is 8.48. The molecule has 2 rings (SSSR count). The van der Waals surface area contributed by atoms with Gasteiger partial charge in [0.25, 0.3) is 0 Å². The van der Waals surface area contributed by atoms with E-state index in [0.29, 0.717) is 0 Å². The number of aryl methyl sites for hydroxylation is 2. The number of furan rings is 1. The summed E-state index contributed by atoms with van der Waals surface area (Å²) in [6, 6.07) is 8.68. The number of carboxylic acids is 1. The van der Waals surface area contributed by atoms with Gasteiger partial charge in [0.1, 0.15) is 22.0 Å². The molecule has 0 fully saturated rings. The number of nitrogens with zero attached hydrogens (tertiary/aromatic N) is 1. The van der Waals surface area contributed by atoms with Gasteiger partial charge >= 0.3 is 5.97 Å². The van der Waals surface area contributed by atoms with Gasteiger partial charge in [0.2, 0.25) is 10.0 Å². The van der Waals surface area contributed by atoms with Crippen molar-refractivity contribution >= 4 is 16.0 Å². The van der Waals surface area contributed by atoms with Crippen LogP contribution in [0, 0.1) is 13.8 Å². The van der Waals surface area contributed by atoms with Gasteiger partial charge < -0.3 is 9.52 Å².